The van der Waals surface area contributed by atoms with Gasteiger partial charge >= 0.3 is 5.97 Å². The zero-order valence-electron chi connectivity index (χ0n) is 16.5. The van der Waals surface area contributed by atoms with Crippen LogP contribution in [0.4, 0.5) is 0 Å². The summed E-state index contributed by atoms with van der Waals surface area (Å²) in [5.41, 5.74) is 1.35. The molecule has 0 spiro atoms. The molecule has 3 aromatic rings. The molecule has 2 aromatic carbocycles. The van der Waals surface area contributed by atoms with Gasteiger partial charge in [-0.1, -0.05) is 46.9 Å². The van der Waals surface area contributed by atoms with Gasteiger partial charge in [0.15, 0.2) is 0 Å². The van der Waals surface area contributed by atoms with Crippen molar-refractivity contribution in [3.63, 3.8) is 0 Å². The molecular formula is C22H17Cl3N2O4. The van der Waals surface area contributed by atoms with Crippen LogP contribution >= 0.6 is 34.8 Å². The number of rotatable bonds is 6. The van der Waals surface area contributed by atoms with Crippen molar-refractivity contribution in [2.45, 2.75) is 13.0 Å². The van der Waals surface area contributed by atoms with Gasteiger partial charge in [0.25, 0.3) is 5.91 Å². The summed E-state index contributed by atoms with van der Waals surface area (Å²) in [5, 5.41) is 3.90. The maximum absolute atomic E-state index is 12.9. The van der Waals surface area contributed by atoms with Crippen LogP contribution in [-0.4, -0.2) is 24.0 Å². The van der Waals surface area contributed by atoms with Crippen LogP contribution in [0.1, 0.15) is 39.2 Å². The highest BCUT2D eigenvalue weighted by molar-refractivity contribution is 6.34. The molecule has 160 valence electrons. The number of carbonyl (C=O) groups is 2. The minimum absolute atomic E-state index is 0.0495. The van der Waals surface area contributed by atoms with Crippen LogP contribution in [0.2, 0.25) is 15.1 Å². The third-order valence-corrected chi connectivity index (χ3v) is 4.94. The van der Waals surface area contributed by atoms with Gasteiger partial charge in [-0.2, -0.15) is 0 Å². The monoisotopic (exact) mass is 478 g/mol. The summed E-state index contributed by atoms with van der Waals surface area (Å²) in [6.45, 7) is 1.81. The molecule has 0 aliphatic heterocycles. The molecule has 1 amide bonds. The molecule has 1 atom stereocenters. The van der Waals surface area contributed by atoms with Crippen LogP contribution in [0.15, 0.2) is 54.7 Å². The molecule has 0 bridgehead atoms. The van der Waals surface area contributed by atoms with E-state index in [9.17, 15) is 9.59 Å². The average Bonchev–Trinajstić information content (AvgIpc) is 2.73. The van der Waals surface area contributed by atoms with Crippen molar-refractivity contribution in [2.24, 2.45) is 0 Å². The predicted octanol–water partition coefficient (Wildman–Crippen LogP) is 6.11. The summed E-state index contributed by atoms with van der Waals surface area (Å²) in [6.07, 6.45) is 1.37. The van der Waals surface area contributed by atoms with E-state index < -0.39 is 11.9 Å². The van der Waals surface area contributed by atoms with Crippen LogP contribution in [0, 0.1) is 0 Å². The van der Waals surface area contributed by atoms with E-state index in [1.54, 1.807) is 49.4 Å². The lowest BCUT2D eigenvalue weighted by atomic mass is 10.1. The molecule has 0 aliphatic carbocycles. The Morgan fingerprint density at radius 2 is 1.61 bits per heavy atom. The highest BCUT2D eigenvalue weighted by atomic mass is 35.5. The first-order valence-corrected chi connectivity index (χ1v) is 10.2. The van der Waals surface area contributed by atoms with E-state index in [2.05, 4.69) is 15.0 Å². The van der Waals surface area contributed by atoms with E-state index in [-0.39, 0.29) is 22.5 Å². The molecule has 1 N–H and O–H groups in total. The Bertz CT molecular complexity index is 1100. The van der Waals surface area contributed by atoms with Crippen molar-refractivity contribution < 1.29 is 19.1 Å². The van der Waals surface area contributed by atoms with Gasteiger partial charge in [0.05, 0.1) is 23.7 Å². The number of esters is 1. The summed E-state index contributed by atoms with van der Waals surface area (Å²) in [7, 11) is 1.31. The number of benzene rings is 2. The Kier molecular flexibility index (Phi) is 7.38. The zero-order chi connectivity index (χ0) is 22.5. The number of hydrogen-bond acceptors (Lipinski definition) is 5. The van der Waals surface area contributed by atoms with Crippen LogP contribution in [0.3, 0.4) is 0 Å². The number of aromatic nitrogens is 1. The fourth-order valence-corrected chi connectivity index (χ4v) is 3.42. The molecule has 0 saturated carbocycles. The Balaban J connectivity index is 1.80. The Morgan fingerprint density at radius 3 is 2.23 bits per heavy atom. The van der Waals surface area contributed by atoms with Crippen LogP contribution in [-0.2, 0) is 4.74 Å². The van der Waals surface area contributed by atoms with E-state index in [1.165, 1.54) is 19.4 Å². The SMILES string of the molecule is COC(=O)c1ccc([C@H](C)NC(=O)c2cc(Cl)cnc2Oc2cc(Cl)cc(Cl)c2)cc1. The van der Waals surface area contributed by atoms with Crippen molar-refractivity contribution >= 4 is 46.7 Å². The van der Waals surface area contributed by atoms with E-state index in [1.807, 2.05) is 0 Å². The van der Waals surface area contributed by atoms with Gasteiger partial charge in [0.2, 0.25) is 5.88 Å². The van der Waals surface area contributed by atoms with Crippen molar-refractivity contribution in [1.29, 1.82) is 0 Å². The normalized spacial score (nSPS) is 11.5. The second kappa shape index (κ2) is 10.0. The number of carbonyl (C=O) groups excluding carboxylic acids is 2. The molecule has 31 heavy (non-hydrogen) atoms. The second-order valence-corrected chi connectivity index (χ2v) is 7.83. The Hall–Kier alpha value is -2.80. The molecule has 3 rings (SSSR count). The number of pyridine rings is 1. The van der Waals surface area contributed by atoms with E-state index in [0.29, 0.717) is 21.4 Å². The predicted molar refractivity (Wildman–Crippen MR) is 119 cm³/mol. The minimum Gasteiger partial charge on any atom is -0.465 e. The molecule has 0 unspecified atom stereocenters. The van der Waals surface area contributed by atoms with E-state index in [0.717, 1.165) is 5.56 Å². The minimum atomic E-state index is -0.442. The number of nitrogens with zero attached hydrogens (tertiary/aromatic N) is 1. The number of nitrogens with one attached hydrogen (secondary N) is 1. The van der Waals surface area contributed by atoms with Crippen LogP contribution in [0.25, 0.3) is 0 Å². The molecule has 1 heterocycles. The Labute approximate surface area is 194 Å². The van der Waals surface area contributed by atoms with Gasteiger partial charge in [-0.15, -0.1) is 0 Å². The zero-order valence-corrected chi connectivity index (χ0v) is 18.8. The summed E-state index contributed by atoms with van der Waals surface area (Å²) in [6, 6.07) is 12.5. The van der Waals surface area contributed by atoms with Crippen LogP contribution < -0.4 is 10.1 Å². The molecule has 9 heteroatoms. The molecule has 0 aliphatic rings. The summed E-state index contributed by atoms with van der Waals surface area (Å²) < 4.78 is 10.4. The van der Waals surface area contributed by atoms with Gasteiger partial charge in [-0.25, -0.2) is 9.78 Å². The average molecular weight is 480 g/mol. The maximum Gasteiger partial charge on any atom is 0.337 e. The van der Waals surface area contributed by atoms with Gasteiger partial charge in [-0.05, 0) is 48.9 Å². The topological polar surface area (TPSA) is 77.5 Å². The number of amides is 1. The molecule has 0 fully saturated rings. The van der Waals surface area contributed by atoms with E-state index in [4.69, 9.17) is 39.5 Å². The third-order valence-electron chi connectivity index (χ3n) is 4.29. The fourth-order valence-electron chi connectivity index (χ4n) is 2.75. The van der Waals surface area contributed by atoms with Crippen molar-refractivity contribution in [3.05, 3.63) is 86.5 Å². The van der Waals surface area contributed by atoms with Gasteiger partial charge in [0.1, 0.15) is 11.3 Å². The number of ether oxygens (including phenoxy) is 2. The number of methoxy groups -OCH3 is 1. The van der Waals surface area contributed by atoms with Crippen molar-refractivity contribution in [1.82, 2.24) is 10.3 Å². The molecule has 6 nitrogen and oxygen atoms in total. The maximum atomic E-state index is 12.9. The first-order valence-electron chi connectivity index (χ1n) is 9.05. The highest BCUT2D eigenvalue weighted by Crippen LogP contribution is 2.30. The highest BCUT2D eigenvalue weighted by Gasteiger charge is 2.19. The lowest BCUT2D eigenvalue weighted by Gasteiger charge is -2.16. The fraction of sp³-hybridized carbons (Fsp3) is 0.136. The summed E-state index contributed by atoms with van der Waals surface area (Å²) in [5.74, 6) is -0.500. The first-order chi connectivity index (χ1) is 14.8. The van der Waals surface area contributed by atoms with Gasteiger partial charge in [-0.3, -0.25) is 4.79 Å². The lowest BCUT2D eigenvalue weighted by molar-refractivity contribution is 0.0600. The first kappa shape index (κ1) is 22.9. The Morgan fingerprint density at radius 1 is 0.968 bits per heavy atom. The number of hydrogen-bond donors (Lipinski definition) is 1. The quantitative estimate of drug-likeness (QED) is 0.431. The second-order valence-electron chi connectivity index (χ2n) is 6.52. The smallest absolute Gasteiger partial charge is 0.337 e. The molecule has 1 aromatic heterocycles. The van der Waals surface area contributed by atoms with Crippen molar-refractivity contribution in [3.8, 4) is 11.6 Å². The van der Waals surface area contributed by atoms with Crippen molar-refractivity contribution in [2.75, 3.05) is 7.11 Å². The lowest BCUT2D eigenvalue weighted by Crippen LogP contribution is -2.27. The number of halogens is 3. The molecule has 0 saturated heterocycles. The summed E-state index contributed by atoms with van der Waals surface area (Å²) >= 11 is 18.1. The standard InChI is InChI=1S/C22H17Cl3N2O4/c1-12(13-3-5-14(6-4-13)22(29)30-2)27-20(28)19-10-17(25)11-26-21(19)31-18-8-15(23)7-16(24)9-18/h3-12H,1-2H3,(H,27,28)/t12-/m0/s1. The largest absolute Gasteiger partial charge is 0.465 e. The third kappa shape index (κ3) is 5.88. The molecule has 0 radical (unpaired) electrons. The van der Waals surface area contributed by atoms with Crippen LogP contribution in [0.5, 0.6) is 11.6 Å². The van der Waals surface area contributed by atoms with Gasteiger partial charge in [0, 0.05) is 16.2 Å². The van der Waals surface area contributed by atoms with E-state index >= 15 is 0 Å². The summed E-state index contributed by atoms with van der Waals surface area (Å²) in [4.78, 5) is 28.6. The van der Waals surface area contributed by atoms with Gasteiger partial charge < -0.3 is 14.8 Å². The molecular weight excluding hydrogens is 463 g/mol.